The van der Waals surface area contributed by atoms with Crippen LogP contribution in [0.3, 0.4) is 0 Å². The summed E-state index contributed by atoms with van der Waals surface area (Å²) in [6.07, 6.45) is 0.907. The number of nitrogens with one attached hydrogen (secondary N) is 1. The fourth-order valence-corrected chi connectivity index (χ4v) is 4.09. The van der Waals surface area contributed by atoms with E-state index in [0.29, 0.717) is 18.9 Å². The van der Waals surface area contributed by atoms with Gasteiger partial charge in [0.15, 0.2) is 0 Å². The summed E-state index contributed by atoms with van der Waals surface area (Å²) in [7, 11) is 0. The number of nitrogens with zero attached hydrogens (tertiary/aromatic N) is 3. The van der Waals surface area contributed by atoms with E-state index in [1.807, 2.05) is 11.0 Å². The monoisotopic (exact) mass is 329 g/mol. The van der Waals surface area contributed by atoms with E-state index in [1.54, 1.807) is 10.6 Å². The van der Waals surface area contributed by atoms with Gasteiger partial charge in [0.2, 0.25) is 5.95 Å². The minimum absolute atomic E-state index is 0.0757. The van der Waals surface area contributed by atoms with Gasteiger partial charge in [0.05, 0.1) is 12.6 Å². The first-order chi connectivity index (χ1) is 11.6. The van der Waals surface area contributed by atoms with E-state index in [0.717, 1.165) is 12.1 Å². The molecule has 126 valence electrons. The SMILES string of the molecule is Nc1nc(N2C[C@H]3C[C@@H](C2)[C@H](CO)n2c3cccc2=O)cc(=O)[nH]1. The Kier molecular flexibility index (Phi) is 3.42. The summed E-state index contributed by atoms with van der Waals surface area (Å²) in [5.41, 5.74) is 6.22. The van der Waals surface area contributed by atoms with Crippen molar-refractivity contribution in [3.8, 4) is 0 Å². The number of nitrogens with two attached hydrogens (primary N) is 1. The summed E-state index contributed by atoms with van der Waals surface area (Å²) in [4.78, 5) is 32.6. The Balaban J connectivity index is 1.77. The molecule has 0 saturated carbocycles. The topological polar surface area (TPSA) is 117 Å². The van der Waals surface area contributed by atoms with Gasteiger partial charge in [0.1, 0.15) is 5.82 Å². The number of aromatic nitrogens is 3. The summed E-state index contributed by atoms with van der Waals surface area (Å²) in [6, 6.07) is 6.40. The van der Waals surface area contributed by atoms with Crippen LogP contribution < -0.4 is 21.8 Å². The zero-order valence-electron chi connectivity index (χ0n) is 13.1. The molecular formula is C16H19N5O3. The van der Waals surface area contributed by atoms with Crippen molar-refractivity contribution in [2.24, 2.45) is 5.92 Å². The van der Waals surface area contributed by atoms with Crippen molar-refractivity contribution in [2.75, 3.05) is 30.3 Å². The van der Waals surface area contributed by atoms with Crippen molar-refractivity contribution in [3.05, 3.63) is 50.7 Å². The Labute approximate surface area is 137 Å². The van der Waals surface area contributed by atoms with Crippen LogP contribution in [0.4, 0.5) is 11.8 Å². The van der Waals surface area contributed by atoms with Gasteiger partial charge in [-0.2, -0.15) is 4.98 Å². The lowest BCUT2D eigenvalue weighted by molar-refractivity contribution is 0.132. The normalized spacial score (nSPS) is 25.4. The lowest BCUT2D eigenvalue weighted by Crippen LogP contribution is -2.50. The number of fused-ring (bicyclic) bond motifs is 4. The van der Waals surface area contributed by atoms with Crippen LogP contribution in [0, 0.1) is 5.92 Å². The number of pyridine rings is 1. The van der Waals surface area contributed by atoms with Crippen LogP contribution in [0.2, 0.25) is 0 Å². The highest BCUT2D eigenvalue weighted by Crippen LogP contribution is 2.41. The van der Waals surface area contributed by atoms with Gasteiger partial charge in [-0.05, 0) is 12.5 Å². The fraction of sp³-hybridized carbons (Fsp3) is 0.438. The third kappa shape index (κ3) is 2.30. The molecule has 8 nitrogen and oxygen atoms in total. The van der Waals surface area contributed by atoms with Gasteiger partial charge >= 0.3 is 0 Å². The first-order valence-corrected chi connectivity index (χ1v) is 8.01. The van der Waals surface area contributed by atoms with Gasteiger partial charge in [-0.3, -0.25) is 14.6 Å². The molecule has 2 aliphatic heterocycles. The van der Waals surface area contributed by atoms with Gasteiger partial charge in [-0.15, -0.1) is 0 Å². The molecule has 0 radical (unpaired) electrons. The molecule has 8 heteroatoms. The second-order valence-electron chi connectivity index (χ2n) is 6.50. The van der Waals surface area contributed by atoms with Gasteiger partial charge in [-0.25, -0.2) is 0 Å². The fourth-order valence-electron chi connectivity index (χ4n) is 4.09. The van der Waals surface area contributed by atoms with Crippen molar-refractivity contribution < 1.29 is 5.11 Å². The van der Waals surface area contributed by atoms with Crippen molar-refractivity contribution in [2.45, 2.75) is 18.4 Å². The number of H-pyrrole nitrogens is 1. The molecule has 4 rings (SSSR count). The molecule has 0 amide bonds. The highest BCUT2D eigenvalue weighted by Gasteiger charge is 2.40. The summed E-state index contributed by atoms with van der Waals surface area (Å²) in [5.74, 6) is 0.893. The van der Waals surface area contributed by atoms with Gasteiger partial charge in [0.25, 0.3) is 11.1 Å². The van der Waals surface area contributed by atoms with E-state index in [2.05, 4.69) is 9.97 Å². The Morgan fingerprint density at radius 3 is 2.92 bits per heavy atom. The number of aliphatic hydroxyl groups excluding tert-OH is 1. The van der Waals surface area contributed by atoms with E-state index >= 15 is 0 Å². The van der Waals surface area contributed by atoms with E-state index in [-0.39, 0.29) is 41.6 Å². The molecule has 2 aromatic rings. The number of nitrogen functional groups attached to an aromatic ring is 1. The molecular weight excluding hydrogens is 310 g/mol. The molecule has 24 heavy (non-hydrogen) atoms. The average Bonchev–Trinajstić information content (AvgIpc) is 2.55. The minimum atomic E-state index is -0.288. The van der Waals surface area contributed by atoms with Crippen LogP contribution in [0.25, 0.3) is 0 Å². The third-order valence-electron chi connectivity index (χ3n) is 5.06. The quantitative estimate of drug-likeness (QED) is 0.694. The average molecular weight is 329 g/mol. The Hall–Kier alpha value is -2.61. The minimum Gasteiger partial charge on any atom is -0.394 e. The Morgan fingerprint density at radius 1 is 1.33 bits per heavy atom. The molecule has 4 N–H and O–H groups in total. The predicted molar refractivity (Wildman–Crippen MR) is 89.2 cm³/mol. The van der Waals surface area contributed by atoms with Gasteiger partial charge < -0.3 is 20.3 Å². The molecule has 0 unspecified atom stereocenters. The highest BCUT2D eigenvalue weighted by molar-refractivity contribution is 5.43. The maximum Gasteiger partial charge on any atom is 0.254 e. The summed E-state index contributed by atoms with van der Waals surface area (Å²) in [6.45, 7) is 1.19. The van der Waals surface area contributed by atoms with Gasteiger partial charge in [-0.1, -0.05) is 6.07 Å². The molecule has 0 aliphatic carbocycles. The Bertz CT molecular complexity index is 890. The van der Waals surface area contributed by atoms with E-state index < -0.39 is 0 Å². The van der Waals surface area contributed by atoms with E-state index in [9.17, 15) is 14.7 Å². The van der Waals surface area contributed by atoms with Crippen LogP contribution in [0.5, 0.6) is 0 Å². The third-order valence-corrected chi connectivity index (χ3v) is 5.06. The summed E-state index contributed by atoms with van der Waals surface area (Å²) >= 11 is 0. The number of rotatable bonds is 2. The molecule has 1 saturated heterocycles. The summed E-state index contributed by atoms with van der Waals surface area (Å²) < 4.78 is 1.73. The lowest BCUT2D eigenvalue weighted by atomic mass is 9.78. The molecule has 0 spiro atoms. The molecule has 2 aromatic heterocycles. The molecule has 4 heterocycles. The molecule has 3 atom stereocenters. The summed E-state index contributed by atoms with van der Waals surface area (Å²) in [5, 5.41) is 9.85. The number of aliphatic hydroxyl groups is 1. The molecule has 2 bridgehead atoms. The second kappa shape index (κ2) is 5.48. The van der Waals surface area contributed by atoms with E-state index in [4.69, 9.17) is 5.73 Å². The van der Waals surface area contributed by atoms with E-state index in [1.165, 1.54) is 12.1 Å². The van der Waals surface area contributed by atoms with Crippen LogP contribution in [0.15, 0.2) is 33.9 Å². The highest BCUT2D eigenvalue weighted by atomic mass is 16.3. The molecule has 1 fully saturated rings. The first kappa shape index (κ1) is 14.9. The lowest BCUT2D eigenvalue weighted by Gasteiger charge is -2.46. The van der Waals surface area contributed by atoms with Crippen molar-refractivity contribution in [1.82, 2.24) is 14.5 Å². The smallest absolute Gasteiger partial charge is 0.254 e. The zero-order chi connectivity index (χ0) is 16.8. The number of hydrogen-bond acceptors (Lipinski definition) is 6. The Morgan fingerprint density at radius 2 is 2.17 bits per heavy atom. The predicted octanol–water partition coefficient (Wildman–Crippen LogP) is -0.329. The van der Waals surface area contributed by atoms with Crippen molar-refractivity contribution in [1.29, 1.82) is 0 Å². The van der Waals surface area contributed by atoms with Crippen LogP contribution in [0.1, 0.15) is 24.1 Å². The van der Waals surface area contributed by atoms with Crippen molar-refractivity contribution >= 4 is 11.8 Å². The second-order valence-corrected chi connectivity index (χ2v) is 6.50. The van der Waals surface area contributed by atoms with Crippen LogP contribution in [-0.4, -0.2) is 39.3 Å². The van der Waals surface area contributed by atoms with Crippen LogP contribution >= 0.6 is 0 Å². The zero-order valence-corrected chi connectivity index (χ0v) is 13.1. The first-order valence-electron chi connectivity index (χ1n) is 8.01. The molecule has 2 aliphatic rings. The van der Waals surface area contributed by atoms with Crippen LogP contribution in [-0.2, 0) is 0 Å². The molecule has 0 aromatic carbocycles. The number of aromatic amines is 1. The largest absolute Gasteiger partial charge is 0.394 e. The van der Waals surface area contributed by atoms with Crippen molar-refractivity contribution in [3.63, 3.8) is 0 Å². The number of anilines is 2. The number of hydrogen-bond donors (Lipinski definition) is 3. The maximum atomic E-state index is 12.3. The number of piperidine rings is 1. The van der Waals surface area contributed by atoms with Gasteiger partial charge in [0, 0.05) is 42.8 Å². The standard InChI is InChI=1S/C16H19N5O3/c17-16-18-13(5-14(23)19-16)20-6-9-4-10(7-20)12(8-22)21-11(9)2-1-3-15(21)24/h1-3,5,9-10,12,22H,4,6-8H2,(H3,17,18,19,23)/t9-,10+,12+/m1/s1. The maximum absolute atomic E-state index is 12.3.